The lowest BCUT2D eigenvalue weighted by molar-refractivity contribution is 0.122. The van der Waals surface area contributed by atoms with Gasteiger partial charge in [-0.05, 0) is 25.1 Å². The second-order valence-electron chi connectivity index (χ2n) is 6.04. The minimum atomic E-state index is -3.76. The van der Waals surface area contributed by atoms with Gasteiger partial charge in [0, 0.05) is 32.2 Å². The van der Waals surface area contributed by atoms with Crippen LogP contribution in [0.15, 0.2) is 35.2 Å². The van der Waals surface area contributed by atoms with Crippen molar-refractivity contribution in [2.24, 2.45) is 0 Å². The van der Waals surface area contributed by atoms with E-state index >= 15 is 0 Å². The summed E-state index contributed by atoms with van der Waals surface area (Å²) in [6.07, 6.45) is 0. The Bertz CT molecular complexity index is 888. The van der Waals surface area contributed by atoms with Crippen molar-refractivity contribution in [2.75, 3.05) is 49.6 Å². The molecule has 2 aromatic rings. The molecule has 0 unspecified atom stereocenters. The van der Waals surface area contributed by atoms with Gasteiger partial charge in [-0.2, -0.15) is 0 Å². The monoisotopic (exact) mass is 395 g/mol. The number of sulfonamides is 1. The molecule has 2 heterocycles. The first kappa shape index (κ1) is 19.5. The maximum atomic E-state index is 13.2. The highest BCUT2D eigenvalue weighted by Crippen LogP contribution is 2.17. The molecule has 0 bridgehead atoms. The van der Waals surface area contributed by atoms with Gasteiger partial charge in [-0.3, -0.25) is 0 Å². The summed E-state index contributed by atoms with van der Waals surface area (Å²) in [7, 11) is -3.76. The smallest absolute Gasteiger partial charge is 0.240 e. The van der Waals surface area contributed by atoms with E-state index in [4.69, 9.17) is 4.74 Å². The lowest BCUT2D eigenvalue weighted by Gasteiger charge is -2.28. The average molecular weight is 395 g/mol. The Hall–Kier alpha value is -2.30. The molecule has 27 heavy (non-hydrogen) atoms. The SMILES string of the molecule is Cc1nc(NCCNS(=O)(=O)c2cccc(F)c2)cc(N2CCOCC2)n1. The number of nitrogens with one attached hydrogen (secondary N) is 2. The van der Waals surface area contributed by atoms with Crippen LogP contribution in [0.3, 0.4) is 0 Å². The van der Waals surface area contributed by atoms with E-state index in [2.05, 4.69) is 24.9 Å². The number of aromatic nitrogens is 2. The number of nitrogens with zero attached hydrogens (tertiary/aromatic N) is 3. The first-order chi connectivity index (χ1) is 12.9. The number of ether oxygens (including phenoxy) is 1. The molecule has 8 nitrogen and oxygen atoms in total. The zero-order valence-corrected chi connectivity index (χ0v) is 15.8. The van der Waals surface area contributed by atoms with E-state index in [0.717, 1.165) is 25.0 Å². The Morgan fingerprint density at radius 3 is 2.70 bits per heavy atom. The van der Waals surface area contributed by atoms with Gasteiger partial charge in [-0.15, -0.1) is 0 Å². The van der Waals surface area contributed by atoms with Crippen molar-refractivity contribution >= 4 is 21.7 Å². The van der Waals surface area contributed by atoms with Gasteiger partial charge in [0.1, 0.15) is 23.3 Å². The topological polar surface area (TPSA) is 96.5 Å². The summed E-state index contributed by atoms with van der Waals surface area (Å²) in [6, 6.07) is 6.72. The molecule has 1 fully saturated rings. The second kappa shape index (κ2) is 8.59. The van der Waals surface area contributed by atoms with Crippen LogP contribution in [0.2, 0.25) is 0 Å². The summed E-state index contributed by atoms with van der Waals surface area (Å²) in [5.41, 5.74) is 0. The van der Waals surface area contributed by atoms with E-state index in [9.17, 15) is 12.8 Å². The standard InChI is InChI=1S/C17H22FN5O3S/c1-13-21-16(12-17(22-13)23-7-9-26-10-8-23)19-5-6-20-27(24,25)15-4-2-3-14(18)11-15/h2-4,11-12,20H,5-10H2,1H3,(H,19,21,22). The third kappa shape index (κ3) is 5.34. The molecule has 0 amide bonds. The molecule has 10 heteroatoms. The van der Waals surface area contributed by atoms with Gasteiger partial charge in [0.25, 0.3) is 0 Å². The molecule has 146 valence electrons. The highest BCUT2D eigenvalue weighted by atomic mass is 32.2. The number of halogens is 1. The predicted molar refractivity (Wildman–Crippen MR) is 99.9 cm³/mol. The van der Waals surface area contributed by atoms with Crippen LogP contribution in [0.4, 0.5) is 16.0 Å². The number of aryl methyl sites for hydroxylation is 1. The van der Waals surface area contributed by atoms with Crippen molar-refractivity contribution in [3.63, 3.8) is 0 Å². The molecular weight excluding hydrogens is 373 g/mol. The third-order valence-corrected chi connectivity index (χ3v) is 5.45. The van der Waals surface area contributed by atoms with Crippen molar-refractivity contribution in [2.45, 2.75) is 11.8 Å². The number of hydrogen-bond donors (Lipinski definition) is 2. The van der Waals surface area contributed by atoms with Crippen LogP contribution in [0.25, 0.3) is 0 Å². The Kier molecular flexibility index (Phi) is 6.19. The number of morpholine rings is 1. The third-order valence-electron chi connectivity index (χ3n) is 3.99. The molecule has 1 aliphatic rings. The first-order valence-corrected chi connectivity index (χ1v) is 10.1. The van der Waals surface area contributed by atoms with Gasteiger partial charge in [0.15, 0.2) is 0 Å². The van der Waals surface area contributed by atoms with Crippen molar-refractivity contribution < 1.29 is 17.5 Å². The number of rotatable bonds is 7. The van der Waals surface area contributed by atoms with Crippen LogP contribution in [0.1, 0.15) is 5.82 Å². The molecule has 1 aromatic carbocycles. The van der Waals surface area contributed by atoms with Crippen LogP contribution in [0.5, 0.6) is 0 Å². The zero-order chi connectivity index (χ0) is 19.3. The molecule has 0 atom stereocenters. The normalized spacial score (nSPS) is 15.0. The fourth-order valence-corrected chi connectivity index (χ4v) is 3.75. The molecule has 3 rings (SSSR count). The lowest BCUT2D eigenvalue weighted by Crippen LogP contribution is -2.37. The van der Waals surface area contributed by atoms with Crippen molar-refractivity contribution in [1.82, 2.24) is 14.7 Å². The summed E-state index contributed by atoms with van der Waals surface area (Å²) in [5.74, 6) is 1.47. The Morgan fingerprint density at radius 1 is 1.19 bits per heavy atom. The maximum absolute atomic E-state index is 13.2. The number of hydrogen-bond acceptors (Lipinski definition) is 7. The summed E-state index contributed by atoms with van der Waals surface area (Å²) in [4.78, 5) is 10.8. The van der Waals surface area contributed by atoms with Crippen LogP contribution in [0, 0.1) is 12.7 Å². The van der Waals surface area contributed by atoms with E-state index in [1.54, 1.807) is 0 Å². The minimum Gasteiger partial charge on any atom is -0.378 e. The van der Waals surface area contributed by atoms with Crippen molar-refractivity contribution in [3.8, 4) is 0 Å². The Labute approximate surface area is 157 Å². The van der Waals surface area contributed by atoms with Crippen molar-refractivity contribution in [1.29, 1.82) is 0 Å². The summed E-state index contributed by atoms with van der Waals surface area (Å²) in [5, 5.41) is 3.09. The van der Waals surface area contributed by atoms with Gasteiger partial charge in [0.2, 0.25) is 10.0 Å². The van der Waals surface area contributed by atoms with Crippen molar-refractivity contribution in [3.05, 3.63) is 42.0 Å². The molecule has 0 radical (unpaired) electrons. The van der Waals surface area contributed by atoms with E-state index in [0.29, 0.717) is 31.4 Å². The molecule has 1 aromatic heterocycles. The molecule has 2 N–H and O–H groups in total. The van der Waals surface area contributed by atoms with E-state index in [-0.39, 0.29) is 11.4 Å². The first-order valence-electron chi connectivity index (χ1n) is 8.61. The molecular formula is C17H22FN5O3S. The fraction of sp³-hybridized carbons (Fsp3) is 0.412. The molecule has 1 saturated heterocycles. The van der Waals surface area contributed by atoms with Gasteiger partial charge in [-0.1, -0.05) is 6.07 Å². The number of benzene rings is 1. The quantitative estimate of drug-likeness (QED) is 0.679. The Morgan fingerprint density at radius 2 is 1.96 bits per heavy atom. The molecule has 0 aliphatic carbocycles. The lowest BCUT2D eigenvalue weighted by atomic mass is 10.4. The van der Waals surface area contributed by atoms with Gasteiger partial charge in [-0.25, -0.2) is 27.5 Å². The largest absolute Gasteiger partial charge is 0.378 e. The zero-order valence-electron chi connectivity index (χ0n) is 15.0. The van der Waals surface area contributed by atoms with Crippen LogP contribution >= 0.6 is 0 Å². The highest BCUT2D eigenvalue weighted by Gasteiger charge is 2.15. The number of anilines is 2. The Balaban J connectivity index is 1.56. The van der Waals surface area contributed by atoms with E-state index in [1.807, 2.05) is 13.0 Å². The summed E-state index contributed by atoms with van der Waals surface area (Å²) < 4.78 is 45.3. The summed E-state index contributed by atoms with van der Waals surface area (Å²) in [6.45, 7) is 5.12. The van der Waals surface area contributed by atoms with Crippen LogP contribution in [-0.4, -0.2) is 57.8 Å². The average Bonchev–Trinajstić information content (AvgIpc) is 2.66. The van der Waals surface area contributed by atoms with E-state index in [1.165, 1.54) is 18.2 Å². The van der Waals surface area contributed by atoms with Gasteiger partial charge < -0.3 is 15.0 Å². The van der Waals surface area contributed by atoms with Crippen LogP contribution in [-0.2, 0) is 14.8 Å². The van der Waals surface area contributed by atoms with E-state index < -0.39 is 15.8 Å². The maximum Gasteiger partial charge on any atom is 0.240 e. The summed E-state index contributed by atoms with van der Waals surface area (Å²) >= 11 is 0. The molecule has 1 aliphatic heterocycles. The van der Waals surface area contributed by atoms with Gasteiger partial charge in [0.05, 0.1) is 18.1 Å². The van der Waals surface area contributed by atoms with Gasteiger partial charge >= 0.3 is 0 Å². The minimum absolute atomic E-state index is 0.102. The van der Waals surface area contributed by atoms with Crippen LogP contribution < -0.4 is 14.9 Å². The predicted octanol–water partition coefficient (Wildman–Crippen LogP) is 1.15. The fourth-order valence-electron chi connectivity index (χ4n) is 2.69. The molecule has 0 saturated carbocycles. The highest BCUT2D eigenvalue weighted by molar-refractivity contribution is 7.89. The molecule has 0 spiro atoms. The second-order valence-corrected chi connectivity index (χ2v) is 7.81.